The molecule has 8 heteroatoms. The van der Waals surface area contributed by atoms with E-state index in [0.717, 1.165) is 43.9 Å². The molecule has 194 valence electrons. The van der Waals surface area contributed by atoms with Crippen molar-refractivity contribution in [1.82, 2.24) is 9.13 Å². The number of halogens is 2. The topological polar surface area (TPSA) is 52.7 Å². The molecule has 0 saturated heterocycles. The third-order valence-corrected chi connectivity index (χ3v) is 9.10. The summed E-state index contributed by atoms with van der Waals surface area (Å²) in [5.74, 6) is 2.28. The van der Waals surface area contributed by atoms with Crippen LogP contribution in [0.4, 0.5) is 11.4 Å². The third-order valence-electron chi connectivity index (χ3n) is 8.34. The number of anilines is 1. The molecule has 4 aromatic carbocycles. The standard InChI is InChI=1S/C32H20Cl2N4O2/c1-37-21-9-5-3-7-15(21)17-11-19-25(13-23(17)37)39-31-27(33)30-32(28(34)29(31)35-19)40-26-14-24-18(12-20(26)36-30)16-8-4-6-10-22(16)38(24)2/h3-14,29,35H,1-2H3. The van der Waals surface area contributed by atoms with E-state index in [4.69, 9.17) is 37.7 Å². The van der Waals surface area contributed by atoms with Crippen LogP contribution in [0.25, 0.3) is 43.6 Å². The van der Waals surface area contributed by atoms with E-state index in [-0.39, 0.29) is 0 Å². The number of aryl methyl sites for hydroxylation is 2. The van der Waals surface area contributed by atoms with Crippen molar-refractivity contribution in [1.29, 1.82) is 0 Å². The minimum atomic E-state index is -0.494. The highest BCUT2D eigenvalue weighted by molar-refractivity contribution is 6.49. The number of ether oxygens (including phenoxy) is 2. The number of benzene rings is 4. The van der Waals surface area contributed by atoms with Crippen molar-refractivity contribution in [2.45, 2.75) is 6.04 Å². The van der Waals surface area contributed by atoms with Crippen LogP contribution in [0.5, 0.6) is 11.5 Å². The molecule has 0 radical (unpaired) electrons. The van der Waals surface area contributed by atoms with Gasteiger partial charge in [-0.15, -0.1) is 0 Å². The van der Waals surface area contributed by atoms with Crippen LogP contribution in [0, 0.1) is 0 Å². The Morgan fingerprint density at radius 1 is 0.725 bits per heavy atom. The van der Waals surface area contributed by atoms with E-state index in [0.29, 0.717) is 44.5 Å². The molecule has 2 aromatic heterocycles. The molecule has 3 aliphatic rings. The predicted molar refractivity (Wildman–Crippen MR) is 162 cm³/mol. The maximum absolute atomic E-state index is 7.02. The lowest BCUT2D eigenvalue weighted by molar-refractivity contribution is 0.380. The van der Waals surface area contributed by atoms with Crippen LogP contribution in [0.3, 0.4) is 0 Å². The third kappa shape index (κ3) is 2.77. The Hall–Kier alpha value is -4.39. The summed E-state index contributed by atoms with van der Waals surface area (Å²) >= 11 is 14.0. The number of nitrogens with zero attached hydrogens (tertiary/aromatic N) is 3. The molecular weight excluding hydrogens is 543 g/mol. The molecule has 1 unspecified atom stereocenters. The smallest absolute Gasteiger partial charge is 0.171 e. The summed E-state index contributed by atoms with van der Waals surface area (Å²) in [5, 5.41) is 8.95. The van der Waals surface area contributed by atoms with Crippen molar-refractivity contribution in [2.24, 2.45) is 19.1 Å². The molecule has 0 saturated carbocycles. The quantitative estimate of drug-likeness (QED) is 0.203. The Kier molecular flexibility index (Phi) is 4.27. The van der Waals surface area contributed by atoms with E-state index >= 15 is 0 Å². The molecule has 4 heterocycles. The van der Waals surface area contributed by atoms with Crippen LogP contribution < -0.4 is 14.8 Å². The van der Waals surface area contributed by atoms with Gasteiger partial charge in [0.1, 0.15) is 22.5 Å². The van der Waals surface area contributed by atoms with Gasteiger partial charge in [-0.05, 0) is 24.3 Å². The van der Waals surface area contributed by atoms with Crippen LogP contribution in [-0.2, 0) is 14.1 Å². The summed E-state index contributed by atoms with van der Waals surface area (Å²) in [6.45, 7) is 0. The molecular formula is C32H20Cl2N4O2. The van der Waals surface area contributed by atoms with Gasteiger partial charge < -0.3 is 23.9 Å². The zero-order valence-corrected chi connectivity index (χ0v) is 22.9. The van der Waals surface area contributed by atoms with Gasteiger partial charge >= 0.3 is 0 Å². The first-order valence-electron chi connectivity index (χ1n) is 13.0. The lowest BCUT2D eigenvalue weighted by atomic mass is 10.00. The Morgan fingerprint density at radius 2 is 1.35 bits per heavy atom. The highest BCUT2D eigenvalue weighted by atomic mass is 35.5. The molecule has 40 heavy (non-hydrogen) atoms. The molecule has 0 spiro atoms. The van der Waals surface area contributed by atoms with Crippen LogP contribution in [0.15, 0.2) is 99.4 Å². The van der Waals surface area contributed by atoms with Gasteiger partial charge in [0.05, 0.1) is 21.8 Å². The number of fused-ring (bicyclic) bond motifs is 10. The van der Waals surface area contributed by atoms with Gasteiger partial charge in [0.2, 0.25) is 0 Å². The first kappa shape index (κ1) is 22.4. The van der Waals surface area contributed by atoms with Gasteiger partial charge in [-0.3, -0.25) is 0 Å². The number of aliphatic imine (C=N–C) groups is 1. The average molecular weight is 563 g/mol. The Bertz CT molecular complexity index is 2250. The Morgan fingerprint density at radius 3 is 2.05 bits per heavy atom. The molecule has 6 nitrogen and oxygen atoms in total. The number of allylic oxidation sites excluding steroid dienone is 1. The van der Waals surface area contributed by atoms with Crippen LogP contribution >= 0.6 is 23.2 Å². The summed E-state index contributed by atoms with van der Waals surface area (Å²) in [4.78, 5) is 4.94. The van der Waals surface area contributed by atoms with Gasteiger partial charge in [-0.2, -0.15) is 0 Å². The van der Waals surface area contributed by atoms with Gasteiger partial charge in [0.25, 0.3) is 0 Å². The molecule has 9 rings (SSSR count). The fraction of sp³-hybridized carbons (Fsp3) is 0.0938. The van der Waals surface area contributed by atoms with E-state index in [9.17, 15) is 0 Å². The second kappa shape index (κ2) is 7.62. The first-order chi connectivity index (χ1) is 19.5. The number of aromatic nitrogens is 2. The summed E-state index contributed by atoms with van der Waals surface area (Å²) < 4.78 is 17.2. The lowest BCUT2D eigenvalue weighted by Crippen LogP contribution is -2.37. The van der Waals surface area contributed by atoms with Crippen molar-refractivity contribution in [3.05, 3.63) is 94.4 Å². The van der Waals surface area contributed by atoms with Crippen LogP contribution in [0.1, 0.15) is 0 Å². The molecule has 1 atom stereocenters. The molecule has 0 fully saturated rings. The second-order valence-electron chi connectivity index (χ2n) is 10.5. The summed E-state index contributed by atoms with van der Waals surface area (Å²) in [6, 6.07) is 24.4. The molecule has 2 aliphatic heterocycles. The monoisotopic (exact) mass is 562 g/mol. The first-order valence-corrected chi connectivity index (χ1v) is 13.8. The molecule has 1 N–H and O–H groups in total. The fourth-order valence-corrected chi connectivity index (χ4v) is 6.92. The Balaban J connectivity index is 1.21. The molecule has 0 amide bonds. The number of nitrogens with one attached hydrogen (secondary N) is 1. The zero-order valence-electron chi connectivity index (χ0n) is 21.4. The minimum absolute atomic E-state index is 0.378. The van der Waals surface area contributed by atoms with E-state index in [1.54, 1.807) is 0 Å². The highest BCUT2D eigenvalue weighted by Gasteiger charge is 2.41. The van der Waals surface area contributed by atoms with Crippen LogP contribution in [0.2, 0.25) is 0 Å². The average Bonchev–Trinajstić information content (AvgIpc) is 3.42. The SMILES string of the molecule is Cn1c2ccccc2c2cc3c(cc21)OC1=C(Cl)C2Nc4cc5c6ccccc6n(C)c5cc4OC2=C(Cl)C1=N3. The number of hydrogen-bond donors (Lipinski definition) is 1. The summed E-state index contributed by atoms with van der Waals surface area (Å²) in [7, 11) is 4.12. The Labute approximate surface area is 238 Å². The molecule has 6 aromatic rings. The summed E-state index contributed by atoms with van der Waals surface area (Å²) in [5.41, 5.74) is 6.44. The van der Waals surface area contributed by atoms with Gasteiger partial charge in [0, 0.05) is 58.8 Å². The van der Waals surface area contributed by atoms with E-state index in [1.165, 1.54) is 5.39 Å². The lowest BCUT2D eigenvalue weighted by Gasteiger charge is -2.35. The van der Waals surface area contributed by atoms with Crippen molar-refractivity contribution < 1.29 is 9.47 Å². The van der Waals surface area contributed by atoms with E-state index in [1.807, 2.05) is 30.3 Å². The maximum atomic E-state index is 7.02. The van der Waals surface area contributed by atoms with E-state index in [2.05, 4.69) is 71.0 Å². The molecule has 0 bridgehead atoms. The van der Waals surface area contributed by atoms with Crippen molar-refractivity contribution >= 4 is 83.9 Å². The number of rotatable bonds is 0. The number of para-hydroxylation sites is 2. The maximum Gasteiger partial charge on any atom is 0.171 e. The van der Waals surface area contributed by atoms with Crippen molar-refractivity contribution in [3.8, 4) is 11.5 Å². The van der Waals surface area contributed by atoms with Gasteiger partial charge in [-0.25, -0.2) is 4.99 Å². The normalized spacial score (nSPS) is 17.8. The minimum Gasteiger partial charge on any atom is -0.455 e. The summed E-state index contributed by atoms with van der Waals surface area (Å²) in [6.07, 6.45) is 0. The van der Waals surface area contributed by atoms with Crippen molar-refractivity contribution in [2.75, 3.05) is 5.32 Å². The van der Waals surface area contributed by atoms with Gasteiger partial charge in [-0.1, -0.05) is 59.6 Å². The second-order valence-corrected chi connectivity index (χ2v) is 11.2. The predicted octanol–water partition coefficient (Wildman–Crippen LogP) is 8.23. The zero-order chi connectivity index (χ0) is 26.9. The highest BCUT2D eigenvalue weighted by Crippen LogP contribution is 2.48. The van der Waals surface area contributed by atoms with Gasteiger partial charge in [0.15, 0.2) is 23.0 Å². The largest absolute Gasteiger partial charge is 0.455 e. The fourth-order valence-electron chi connectivity index (χ4n) is 6.36. The van der Waals surface area contributed by atoms with Crippen molar-refractivity contribution in [3.63, 3.8) is 0 Å². The van der Waals surface area contributed by atoms with Crippen LogP contribution in [-0.4, -0.2) is 20.9 Å². The molecule has 1 aliphatic carbocycles. The number of hydrogen-bond acceptors (Lipinski definition) is 4. The van der Waals surface area contributed by atoms with E-state index < -0.39 is 6.04 Å².